The molecule has 0 spiro atoms. The Morgan fingerprint density at radius 2 is 1.57 bits per heavy atom. The molecule has 0 aliphatic heterocycles. The number of nitrogens with one attached hydrogen (secondary N) is 1. The second-order valence-corrected chi connectivity index (χ2v) is 16.6. The molecule has 5 nitrogen and oxygen atoms in total. The standard InChI is InChI=1S/C41H55NO4/c1-10-40-25-19-32-31(18-24-39(35(44)42-45)23-17-29(26(3)4)41(32,39)11-2)37(40,7)22-20-33-36(5,6)30(16-21-38(33,40)8)27-12-14-28(15-13-27)34(43)46-9/h10-16,29,31-33,45H,1-3,17-25H2,4-9H3,(H,42,44)/t29?,31?,32-,33?,37-,38-,39?,40-,41?/m0/s1. The molecule has 0 radical (unpaired) electrons. The van der Waals surface area contributed by atoms with Gasteiger partial charge in [0.05, 0.1) is 18.1 Å². The summed E-state index contributed by atoms with van der Waals surface area (Å²) in [6, 6.07) is 7.92. The first-order valence-corrected chi connectivity index (χ1v) is 17.5. The highest BCUT2D eigenvalue weighted by Gasteiger charge is 2.75. The summed E-state index contributed by atoms with van der Waals surface area (Å²) in [5.41, 5.74) is 5.13. The van der Waals surface area contributed by atoms with Crippen LogP contribution in [0.25, 0.3) is 5.57 Å². The lowest BCUT2D eigenvalue weighted by atomic mass is 9.29. The summed E-state index contributed by atoms with van der Waals surface area (Å²) in [5, 5.41) is 10.0. The van der Waals surface area contributed by atoms with E-state index >= 15 is 0 Å². The average molecular weight is 626 g/mol. The van der Waals surface area contributed by atoms with Crippen LogP contribution in [0.1, 0.15) is 108 Å². The Hall–Kier alpha value is -2.92. The van der Waals surface area contributed by atoms with E-state index in [1.807, 2.05) is 12.1 Å². The molecule has 4 saturated carbocycles. The highest BCUT2D eigenvalue weighted by Crippen LogP contribution is 2.81. The van der Waals surface area contributed by atoms with E-state index in [0.717, 1.165) is 63.4 Å². The predicted molar refractivity (Wildman–Crippen MR) is 184 cm³/mol. The number of carbonyl (C=O) groups excluding carboxylic acids is 2. The van der Waals surface area contributed by atoms with Crippen molar-refractivity contribution >= 4 is 17.4 Å². The van der Waals surface area contributed by atoms with Crippen LogP contribution in [0.4, 0.5) is 0 Å². The smallest absolute Gasteiger partial charge is 0.337 e. The Balaban J connectivity index is 1.43. The van der Waals surface area contributed by atoms with Gasteiger partial charge in [-0.2, -0.15) is 0 Å². The summed E-state index contributed by atoms with van der Waals surface area (Å²) in [5.74, 6) is 0.777. The zero-order valence-corrected chi connectivity index (χ0v) is 29.0. The fourth-order valence-corrected chi connectivity index (χ4v) is 13.6. The number of benzene rings is 1. The molecule has 4 fully saturated rings. The minimum absolute atomic E-state index is 0.00653. The first kappa shape index (κ1) is 33.0. The largest absolute Gasteiger partial charge is 0.465 e. The summed E-state index contributed by atoms with van der Waals surface area (Å²) in [6.07, 6.45) is 15.6. The lowest BCUT2D eigenvalue weighted by Gasteiger charge is -2.74. The number of hydrogen-bond acceptors (Lipinski definition) is 4. The van der Waals surface area contributed by atoms with E-state index in [9.17, 15) is 14.8 Å². The zero-order valence-electron chi connectivity index (χ0n) is 29.0. The number of fused-ring (bicyclic) bond motifs is 7. The fraction of sp³-hybridized carbons (Fsp3) is 0.610. The van der Waals surface area contributed by atoms with Gasteiger partial charge in [0.25, 0.3) is 0 Å². The summed E-state index contributed by atoms with van der Waals surface area (Å²) in [4.78, 5) is 25.8. The maximum absolute atomic E-state index is 13.7. The second-order valence-electron chi connectivity index (χ2n) is 16.6. The zero-order chi connectivity index (χ0) is 33.5. The molecule has 0 bridgehead atoms. The summed E-state index contributed by atoms with van der Waals surface area (Å²) in [7, 11) is 1.42. The molecule has 248 valence electrons. The highest BCUT2D eigenvalue weighted by atomic mass is 16.5. The normalized spacial score (nSPS) is 42.2. The van der Waals surface area contributed by atoms with Gasteiger partial charge in [-0.1, -0.05) is 70.2 Å². The van der Waals surface area contributed by atoms with Crippen LogP contribution < -0.4 is 5.48 Å². The third-order valence-corrected chi connectivity index (χ3v) is 15.4. The van der Waals surface area contributed by atoms with E-state index in [1.54, 1.807) is 0 Å². The van der Waals surface area contributed by atoms with Crippen LogP contribution in [-0.4, -0.2) is 24.2 Å². The van der Waals surface area contributed by atoms with Gasteiger partial charge in [0.15, 0.2) is 0 Å². The van der Waals surface area contributed by atoms with E-state index in [2.05, 4.69) is 90.2 Å². The van der Waals surface area contributed by atoms with E-state index < -0.39 is 10.8 Å². The van der Waals surface area contributed by atoms with Crippen molar-refractivity contribution in [2.75, 3.05) is 7.11 Å². The van der Waals surface area contributed by atoms with Crippen LogP contribution in [0.3, 0.4) is 0 Å². The maximum Gasteiger partial charge on any atom is 0.337 e. The molecule has 6 rings (SSSR count). The molecule has 0 aromatic heterocycles. The lowest BCUT2D eigenvalue weighted by Crippen LogP contribution is -2.69. The molecule has 1 aromatic carbocycles. The van der Waals surface area contributed by atoms with Gasteiger partial charge in [0.2, 0.25) is 5.91 Å². The van der Waals surface area contributed by atoms with Crippen molar-refractivity contribution in [3.8, 4) is 0 Å². The number of rotatable bonds is 6. The molecule has 0 heterocycles. The van der Waals surface area contributed by atoms with Crippen molar-refractivity contribution in [3.05, 3.63) is 78.9 Å². The lowest BCUT2D eigenvalue weighted by molar-refractivity contribution is -0.232. The van der Waals surface area contributed by atoms with Crippen molar-refractivity contribution in [1.29, 1.82) is 0 Å². The predicted octanol–water partition coefficient (Wildman–Crippen LogP) is 9.35. The number of methoxy groups -OCH3 is 1. The molecule has 5 aliphatic carbocycles. The highest BCUT2D eigenvalue weighted by molar-refractivity contribution is 5.90. The second kappa shape index (κ2) is 10.8. The van der Waals surface area contributed by atoms with Crippen molar-refractivity contribution < 1.29 is 19.5 Å². The minimum Gasteiger partial charge on any atom is -0.465 e. The Kier molecular flexibility index (Phi) is 7.75. The number of hydroxylamine groups is 1. The van der Waals surface area contributed by atoms with Gasteiger partial charge in [-0.3, -0.25) is 10.0 Å². The third kappa shape index (κ3) is 3.78. The van der Waals surface area contributed by atoms with E-state index in [-0.39, 0.29) is 45.4 Å². The van der Waals surface area contributed by atoms with Gasteiger partial charge < -0.3 is 4.74 Å². The maximum atomic E-state index is 13.7. The van der Waals surface area contributed by atoms with Crippen LogP contribution in [0.5, 0.6) is 0 Å². The molecule has 2 N–H and O–H groups in total. The first-order chi connectivity index (χ1) is 21.7. The van der Waals surface area contributed by atoms with Crippen molar-refractivity contribution in [1.82, 2.24) is 5.48 Å². The average Bonchev–Trinajstić information content (AvgIpc) is 3.41. The molecule has 5 aliphatic rings. The SMILES string of the molecule is C=CC12C(C(=C)C)CCC1(C(=O)NO)CCC1[C@@H]2CC[C@@]2(C=C)[C@@]1(C)CCC1C(C)(C)C(c3ccc(C(=O)OC)cc3)=CC[C@@]12C. The Bertz CT molecular complexity index is 1500. The molecule has 9 atom stereocenters. The van der Waals surface area contributed by atoms with Crippen molar-refractivity contribution in [3.63, 3.8) is 0 Å². The van der Waals surface area contributed by atoms with Gasteiger partial charge in [0, 0.05) is 5.41 Å². The monoisotopic (exact) mass is 625 g/mol. The summed E-state index contributed by atoms with van der Waals surface area (Å²) < 4.78 is 4.94. The summed E-state index contributed by atoms with van der Waals surface area (Å²) in [6.45, 7) is 25.6. The van der Waals surface area contributed by atoms with Crippen LogP contribution in [0.15, 0.2) is 67.8 Å². The van der Waals surface area contributed by atoms with Gasteiger partial charge in [-0.15, -0.1) is 13.2 Å². The Morgan fingerprint density at radius 3 is 2.15 bits per heavy atom. The number of allylic oxidation sites excluding steroid dienone is 5. The van der Waals surface area contributed by atoms with Crippen LogP contribution >= 0.6 is 0 Å². The van der Waals surface area contributed by atoms with Gasteiger partial charge in [-0.05, 0) is 133 Å². The van der Waals surface area contributed by atoms with Crippen LogP contribution in [-0.2, 0) is 9.53 Å². The van der Waals surface area contributed by atoms with Crippen LogP contribution in [0.2, 0.25) is 0 Å². The van der Waals surface area contributed by atoms with Crippen molar-refractivity contribution in [2.45, 2.75) is 92.4 Å². The molecule has 46 heavy (non-hydrogen) atoms. The number of amides is 1. The number of hydrogen-bond donors (Lipinski definition) is 2. The fourth-order valence-electron chi connectivity index (χ4n) is 13.6. The molecule has 5 heteroatoms. The van der Waals surface area contributed by atoms with E-state index in [1.165, 1.54) is 18.2 Å². The number of ether oxygens (including phenoxy) is 1. The van der Waals surface area contributed by atoms with Gasteiger partial charge >= 0.3 is 5.97 Å². The minimum atomic E-state index is -0.659. The Morgan fingerprint density at radius 1 is 0.913 bits per heavy atom. The van der Waals surface area contributed by atoms with Gasteiger partial charge in [-0.25, -0.2) is 10.3 Å². The first-order valence-electron chi connectivity index (χ1n) is 17.5. The number of carbonyl (C=O) groups is 2. The number of esters is 1. The van der Waals surface area contributed by atoms with Crippen molar-refractivity contribution in [2.24, 2.45) is 56.2 Å². The molecular weight excluding hydrogens is 570 g/mol. The quantitative estimate of drug-likeness (QED) is 0.143. The molecule has 1 aromatic rings. The molecule has 5 unspecified atom stereocenters. The molecular formula is C41H55NO4. The Labute approximate surface area is 276 Å². The van der Waals surface area contributed by atoms with E-state index in [0.29, 0.717) is 17.4 Å². The third-order valence-electron chi connectivity index (χ3n) is 15.4. The van der Waals surface area contributed by atoms with Crippen LogP contribution in [0, 0.1) is 56.2 Å². The molecule has 1 amide bonds. The molecule has 0 saturated heterocycles. The summed E-state index contributed by atoms with van der Waals surface area (Å²) >= 11 is 0. The van der Waals surface area contributed by atoms with E-state index in [4.69, 9.17) is 4.74 Å². The topological polar surface area (TPSA) is 75.6 Å². The van der Waals surface area contributed by atoms with Gasteiger partial charge in [0.1, 0.15) is 0 Å².